The second kappa shape index (κ2) is 5.43. The molecule has 0 atom stereocenters. The number of hydrogen-bond donors (Lipinski definition) is 2. The van der Waals surface area contributed by atoms with E-state index >= 15 is 0 Å². The van der Waals surface area contributed by atoms with E-state index in [9.17, 15) is 4.79 Å². The van der Waals surface area contributed by atoms with Gasteiger partial charge in [-0.15, -0.1) is 0 Å². The summed E-state index contributed by atoms with van der Waals surface area (Å²) in [6.07, 6.45) is 0. The Bertz CT molecular complexity index is 577. The zero-order valence-corrected chi connectivity index (χ0v) is 11.9. The molecule has 0 aliphatic heterocycles. The predicted molar refractivity (Wildman–Crippen MR) is 76.9 cm³/mol. The minimum absolute atomic E-state index is 0.314. The molecule has 0 spiro atoms. The number of carbonyl (C=O) groups is 1. The van der Waals surface area contributed by atoms with Crippen molar-refractivity contribution in [1.29, 1.82) is 0 Å². The van der Waals surface area contributed by atoms with Crippen molar-refractivity contribution in [2.75, 3.05) is 5.32 Å². The molecule has 5 heteroatoms. The summed E-state index contributed by atoms with van der Waals surface area (Å²) in [5, 5.41) is 12.2. The quantitative estimate of drug-likeness (QED) is 0.823. The summed E-state index contributed by atoms with van der Waals surface area (Å²) in [6, 6.07) is 8.96. The van der Waals surface area contributed by atoms with Crippen LogP contribution in [-0.2, 0) is 6.54 Å². The molecule has 2 aromatic rings. The van der Waals surface area contributed by atoms with Gasteiger partial charge in [-0.05, 0) is 59.3 Å². The normalized spacial score (nSPS) is 10.3. The number of furan rings is 1. The molecule has 0 saturated heterocycles. The van der Waals surface area contributed by atoms with Crippen LogP contribution >= 0.6 is 22.6 Å². The summed E-state index contributed by atoms with van der Waals surface area (Å²) in [6.45, 7) is 2.32. The molecule has 0 radical (unpaired) electrons. The number of anilines is 1. The van der Waals surface area contributed by atoms with E-state index in [1.807, 2.05) is 18.2 Å². The maximum atomic E-state index is 11.0. The lowest BCUT2D eigenvalue weighted by atomic mass is 10.1. The van der Waals surface area contributed by atoms with Gasteiger partial charge in [0.1, 0.15) is 5.76 Å². The Morgan fingerprint density at radius 1 is 1.39 bits per heavy atom. The lowest BCUT2D eigenvalue weighted by Crippen LogP contribution is -2.05. The highest BCUT2D eigenvalue weighted by molar-refractivity contribution is 14.1. The van der Waals surface area contributed by atoms with E-state index in [1.165, 1.54) is 0 Å². The van der Waals surface area contributed by atoms with Gasteiger partial charge in [0, 0.05) is 5.69 Å². The molecule has 1 heterocycles. The summed E-state index contributed by atoms with van der Waals surface area (Å²) in [5.41, 5.74) is 1.85. The lowest BCUT2D eigenvalue weighted by molar-refractivity contribution is 0.0696. The molecule has 94 valence electrons. The molecule has 0 bridgehead atoms. The minimum atomic E-state index is -0.913. The minimum Gasteiger partial charge on any atom is -0.478 e. The number of carboxylic acid groups (broad SMARTS) is 1. The molecule has 1 aromatic carbocycles. The molecule has 1 aromatic heterocycles. The average molecular weight is 357 g/mol. The first-order chi connectivity index (χ1) is 8.58. The van der Waals surface area contributed by atoms with Crippen molar-refractivity contribution in [3.05, 3.63) is 51.0 Å². The Labute approximate surface area is 118 Å². The number of benzene rings is 1. The van der Waals surface area contributed by atoms with Crippen molar-refractivity contribution < 1.29 is 14.3 Å². The number of carboxylic acids is 1. The topological polar surface area (TPSA) is 62.5 Å². The first kappa shape index (κ1) is 12.9. The molecule has 0 fully saturated rings. The number of halogens is 1. The molecule has 2 rings (SSSR count). The highest BCUT2D eigenvalue weighted by atomic mass is 127. The van der Waals surface area contributed by atoms with Gasteiger partial charge in [-0.1, -0.05) is 6.07 Å². The third-order valence-electron chi connectivity index (χ3n) is 2.65. The number of hydrogen-bond acceptors (Lipinski definition) is 3. The van der Waals surface area contributed by atoms with E-state index in [0.717, 1.165) is 20.8 Å². The molecule has 18 heavy (non-hydrogen) atoms. The summed E-state index contributed by atoms with van der Waals surface area (Å²) >= 11 is 2.10. The van der Waals surface area contributed by atoms with Crippen LogP contribution < -0.4 is 5.32 Å². The van der Waals surface area contributed by atoms with Crippen molar-refractivity contribution in [2.45, 2.75) is 13.5 Å². The van der Waals surface area contributed by atoms with E-state index < -0.39 is 5.97 Å². The molecule has 2 N–H and O–H groups in total. The van der Waals surface area contributed by atoms with Crippen LogP contribution in [0.2, 0.25) is 0 Å². The molecule has 0 amide bonds. The van der Waals surface area contributed by atoms with Crippen molar-refractivity contribution in [3.63, 3.8) is 0 Å². The van der Waals surface area contributed by atoms with Crippen LogP contribution in [0.4, 0.5) is 5.69 Å². The lowest BCUT2D eigenvalue weighted by Gasteiger charge is -2.10. The van der Waals surface area contributed by atoms with Crippen LogP contribution in [0.15, 0.2) is 34.7 Å². The van der Waals surface area contributed by atoms with Crippen molar-refractivity contribution >= 4 is 34.2 Å². The third-order valence-corrected chi connectivity index (χ3v) is 3.23. The average Bonchev–Trinajstić information content (AvgIpc) is 2.73. The van der Waals surface area contributed by atoms with E-state index in [1.54, 1.807) is 19.1 Å². The van der Waals surface area contributed by atoms with Gasteiger partial charge >= 0.3 is 5.97 Å². The van der Waals surface area contributed by atoms with Crippen LogP contribution in [0.3, 0.4) is 0 Å². The summed E-state index contributed by atoms with van der Waals surface area (Å²) in [4.78, 5) is 11.0. The van der Waals surface area contributed by atoms with Gasteiger partial charge in [-0.25, -0.2) is 4.79 Å². The molecule has 0 unspecified atom stereocenters. The monoisotopic (exact) mass is 357 g/mol. The molecular weight excluding hydrogens is 345 g/mol. The van der Waals surface area contributed by atoms with Gasteiger partial charge in [0.15, 0.2) is 3.77 Å². The molecule has 4 nitrogen and oxygen atoms in total. The van der Waals surface area contributed by atoms with Gasteiger partial charge in [-0.3, -0.25) is 0 Å². The van der Waals surface area contributed by atoms with E-state index in [2.05, 4.69) is 27.9 Å². The molecule has 0 aliphatic carbocycles. The fourth-order valence-electron chi connectivity index (χ4n) is 1.69. The molecule has 0 saturated carbocycles. The van der Waals surface area contributed by atoms with E-state index in [0.29, 0.717) is 12.1 Å². The summed E-state index contributed by atoms with van der Waals surface area (Å²) < 4.78 is 6.26. The Hall–Kier alpha value is -1.50. The Morgan fingerprint density at radius 3 is 2.78 bits per heavy atom. The maximum absolute atomic E-state index is 11.0. The van der Waals surface area contributed by atoms with Crippen LogP contribution in [0.1, 0.15) is 21.7 Å². The number of nitrogens with one attached hydrogen (secondary N) is 1. The smallest absolute Gasteiger partial charge is 0.336 e. The first-order valence-corrected chi connectivity index (χ1v) is 6.47. The number of rotatable bonds is 4. The molecule has 0 aliphatic rings. The largest absolute Gasteiger partial charge is 0.478 e. The SMILES string of the molecule is Cc1c(NCc2ccc(I)o2)cccc1C(=O)O. The summed E-state index contributed by atoms with van der Waals surface area (Å²) in [5.74, 6) is -0.0942. The zero-order chi connectivity index (χ0) is 13.1. The van der Waals surface area contributed by atoms with Crippen molar-refractivity contribution in [3.8, 4) is 0 Å². The highest BCUT2D eigenvalue weighted by Crippen LogP contribution is 2.20. The first-order valence-electron chi connectivity index (χ1n) is 5.39. The Morgan fingerprint density at radius 2 is 2.17 bits per heavy atom. The highest BCUT2D eigenvalue weighted by Gasteiger charge is 2.10. The number of aromatic carboxylic acids is 1. The maximum Gasteiger partial charge on any atom is 0.336 e. The fraction of sp³-hybridized carbons (Fsp3) is 0.154. The fourth-order valence-corrected chi connectivity index (χ4v) is 2.15. The van der Waals surface area contributed by atoms with E-state index in [-0.39, 0.29) is 0 Å². The van der Waals surface area contributed by atoms with Gasteiger partial charge < -0.3 is 14.8 Å². The predicted octanol–water partition coefficient (Wildman–Crippen LogP) is 3.50. The van der Waals surface area contributed by atoms with Crippen LogP contribution in [-0.4, -0.2) is 11.1 Å². The second-order valence-electron chi connectivity index (χ2n) is 3.84. The van der Waals surface area contributed by atoms with Crippen LogP contribution in [0.5, 0.6) is 0 Å². The van der Waals surface area contributed by atoms with Gasteiger partial charge in [0.05, 0.1) is 12.1 Å². The third kappa shape index (κ3) is 2.84. The van der Waals surface area contributed by atoms with Gasteiger partial charge in [0.2, 0.25) is 0 Å². The summed E-state index contributed by atoms with van der Waals surface area (Å²) in [7, 11) is 0. The Balaban J connectivity index is 2.14. The standard InChI is InChI=1S/C13H12INO3/c1-8-10(13(16)17)3-2-4-11(8)15-7-9-5-6-12(14)18-9/h2-6,15H,7H2,1H3,(H,16,17). The van der Waals surface area contributed by atoms with Gasteiger partial charge in [-0.2, -0.15) is 0 Å². The van der Waals surface area contributed by atoms with Crippen LogP contribution in [0, 0.1) is 10.7 Å². The van der Waals surface area contributed by atoms with E-state index in [4.69, 9.17) is 9.52 Å². The van der Waals surface area contributed by atoms with Gasteiger partial charge in [0.25, 0.3) is 0 Å². The molecular formula is C13H12INO3. The van der Waals surface area contributed by atoms with Crippen molar-refractivity contribution in [2.24, 2.45) is 0 Å². The van der Waals surface area contributed by atoms with Crippen molar-refractivity contribution in [1.82, 2.24) is 0 Å². The second-order valence-corrected chi connectivity index (χ2v) is 4.91. The zero-order valence-electron chi connectivity index (χ0n) is 9.74. The van der Waals surface area contributed by atoms with Crippen LogP contribution in [0.25, 0.3) is 0 Å². The Kier molecular flexibility index (Phi) is 3.90.